The molecule has 1 aromatic heterocycles. The summed E-state index contributed by atoms with van der Waals surface area (Å²) in [6, 6.07) is 13.2. The molecule has 0 aliphatic carbocycles. The summed E-state index contributed by atoms with van der Waals surface area (Å²) in [5.74, 6) is -0.245. The summed E-state index contributed by atoms with van der Waals surface area (Å²) in [5.41, 5.74) is -1.54. The monoisotopic (exact) mass is 544 g/mol. The number of alkyl halides is 3. The smallest absolute Gasteiger partial charge is 0.416 e. The number of para-hydroxylation sites is 1. The Hall–Kier alpha value is -4.25. The van der Waals surface area contributed by atoms with Crippen LogP contribution in [0.4, 0.5) is 18.9 Å². The lowest BCUT2D eigenvalue weighted by molar-refractivity contribution is -0.386. The zero-order valence-electron chi connectivity index (χ0n) is 20.1. The zero-order chi connectivity index (χ0) is 27.6. The minimum atomic E-state index is -4.62. The highest BCUT2D eigenvalue weighted by Crippen LogP contribution is 2.37. The van der Waals surface area contributed by atoms with E-state index in [2.05, 4.69) is 10.1 Å². The van der Waals surface area contributed by atoms with E-state index in [0.29, 0.717) is 6.42 Å². The SMILES string of the molecule is CC[C@H](C)Oc1c(Cl)cc(C=Nn2c(-c3cccc(C(F)(F)F)c3)nc3ccccc3c2=O)cc1[N+](=O)[O-]. The van der Waals surface area contributed by atoms with Gasteiger partial charge in [0.25, 0.3) is 5.56 Å². The van der Waals surface area contributed by atoms with Crippen LogP contribution in [0.25, 0.3) is 22.3 Å². The molecular formula is C26H20ClF3N4O4. The number of aromatic nitrogens is 2. The van der Waals surface area contributed by atoms with Gasteiger partial charge in [0.1, 0.15) is 0 Å². The lowest BCUT2D eigenvalue weighted by Crippen LogP contribution is -2.20. The molecule has 0 unspecified atom stereocenters. The normalized spacial score (nSPS) is 12.7. The molecule has 0 saturated carbocycles. The Morgan fingerprint density at radius 3 is 2.61 bits per heavy atom. The van der Waals surface area contributed by atoms with Gasteiger partial charge in [0, 0.05) is 17.2 Å². The second-order valence-corrected chi connectivity index (χ2v) is 8.74. The summed E-state index contributed by atoms with van der Waals surface area (Å²) in [6.45, 7) is 3.59. The van der Waals surface area contributed by atoms with Gasteiger partial charge in [-0.05, 0) is 43.7 Å². The van der Waals surface area contributed by atoms with E-state index >= 15 is 0 Å². The maximum atomic E-state index is 13.4. The van der Waals surface area contributed by atoms with Crippen LogP contribution in [0.1, 0.15) is 31.4 Å². The molecule has 4 aromatic rings. The molecule has 0 spiro atoms. The van der Waals surface area contributed by atoms with E-state index < -0.39 is 27.9 Å². The van der Waals surface area contributed by atoms with Gasteiger partial charge in [-0.1, -0.05) is 42.8 Å². The number of nitro groups is 1. The Morgan fingerprint density at radius 1 is 1.18 bits per heavy atom. The summed E-state index contributed by atoms with van der Waals surface area (Å²) in [6.07, 6.45) is -3.22. The van der Waals surface area contributed by atoms with Crippen molar-refractivity contribution in [2.24, 2.45) is 5.10 Å². The maximum Gasteiger partial charge on any atom is 0.416 e. The number of benzene rings is 3. The third kappa shape index (κ3) is 5.52. The minimum Gasteiger partial charge on any atom is -0.483 e. The van der Waals surface area contributed by atoms with Gasteiger partial charge in [-0.15, -0.1) is 0 Å². The molecule has 1 heterocycles. The number of hydrogen-bond acceptors (Lipinski definition) is 6. The van der Waals surface area contributed by atoms with Crippen molar-refractivity contribution in [2.45, 2.75) is 32.5 Å². The van der Waals surface area contributed by atoms with E-state index in [4.69, 9.17) is 16.3 Å². The van der Waals surface area contributed by atoms with Crippen LogP contribution in [0.5, 0.6) is 5.75 Å². The van der Waals surface area contributed by atoms with Crippen LogP contribution < -0.4 is 10.3 Å². The number of nitro benzene ring substituents is 1. The molecule has 0 aliphatic rings. The third-order valence-electron chi connectivity index (χ3n) is 5.66. The Balaban J connectivity index is 1.88. The number of hydrogen-bond donors (Lipinski definition) is 0. The predicted octanol–water partition coefficient (Wildman–Crippen LogP) is 6.70. The van der Waals surface area contributed by atoms with Gasteiger partial charge < -0.3 is 4.74 Å². The fourth-order valence-electron chi connectivity index (χ4n) is 3.59. The van der Waals surface area contributed by atoms with Gasteiger partial charge in [-0.3, -0.25) is 14.9 Å². The molecule has 0 bridgehead atoms. The molecule has 0 radical (unpaired) electrons. The van der Waals surface area contributed by atoms with Crippen molar-refractivity contribution in [1.29, 1.82) is 0 Å². The number of ether oxygens (including phenoxy) is 1. The second-order valence-electron chi connectivity index (χ2n) is 8.34. The van der Waals surface area contributed by atoms with Gasteiger partial charge in [0.15, 0.2) is 5.82 Å². The van der Waals surface area contributed by atoms with Crippen LogP contribution in [0, 0.1) is 10.1 Å². The average Bonchev–Trinajstić information content (AvgIpc) is 2.88. The average molecular weight is 545 g/mol. The molecule has 4 rings (SSSR count). The molecule has 196 valence electrons. The molecular weight excluding hydrogens is 525 g/mol. The Morgan fingerprint density at radius 2 is 1.92 bits per heavy atom. The first-order valence-electron chi connectivity index (χ1n) is 11.4. The number of nitrogens with zero attached hydrogens (tertiary/aromatic N) is 4. The quantitative estimate of drug-likeness (QED) is 0.146. The molecule has 0 saturated heterocycles. The van der Waals surface area contributed by atoms with Crippen LogP contribution in [-0.2, 0) is 6.18 Å². The van der Waals surface area contributed by atoms with Crippen LogP contribution >= 0.6 is 11.6 Å². The summed E-state index contributed by atoms with van der Waals surface area (Å²) in [7, 11) is 0. The first-order chi connectivity index (χ1) is 18.0. The largest absolute Gasteiger partial charge is 0.483 e. The van der Waals surface area contributed by atoms with E-state index in [1.807, 2.05) is 6.92 Å². The predicted molar refractivity (Wildman–Crippen MR) is 138 cm³/mol. The molecule has 0 N–H and O–H groups in total. The molecule has 0 aliphatic heterocycles. The fourth-order valence-corrected chi connectivity index (χ4v) is 3.85. The summed E-state index contributed by atoms with van der Waals surface area (Å²) >= 11 is 6.28. The summed E-state index contributed by atoms with van der Waals surface area (Å²) in [4.78, 5) is 28.7. The summed E-state index contributed by atoms with van der Waals surface area (Å²) in [5, 5.41) is 16.0. The van der Waals surface area contributed by atoms with Crippen LogP contribution in [0.2, 0.25) is 5.02 Å². The lowest BCUT2D eigenvalue weighted by atomic mass is 10.1. The second kappa shape index (κ2) is 10.6. The highest BCUT2D eigenvalue weighted by Gasteiger charge is 2.31. The van der Waals surface area contributed by atoms with Gasteiger partial charge >= 0.3 is 11.9 Å². The summed E-state index contributed by atoms with van der Waals surface area (Å²) < 4.78 is 46.6. The van der Waals surface area contributed by atoms with Gasteiger partial charge in [0.2, 0.25) is 5.75 Å². The molecule has 8 nitrogen and oxygen atoms in total. The standard InChI is InChI=1S/C26H20ClF3N4O4/c1-3-15(2)38-23-20(27)11-16(12-22(23)34(36)37)14-31-33-24(17-7-6-8-18(13-17)26(28,29)30)32-21-10-5-4-9-19(21)25(33)35/h4-15H,3H2,1-2H3/t15-/m0/s1. The van der Waals surface area contributed by atoms with Crippen molar-refractivity contribution in [3.8, 4) is 17.1 Å². The molecule has 3 aromatic carbocycles. The van der Waals surface area contributed by atoms with Crippen LogP contribution in [0.15, 0.2) is 70.6 Å². The van der Waals surface area contributed by atoms with E-state index in [0.717, 1.165) is 23.0 Å². The molecule has 1 atom stereocenters. The highest BCUT2D eigenvalue weighted by atomic mass is 35.5. The van der Waals surface area contributed by atoms with E-state index in [9.17, 15) is 28.1 Å². The van der Waals surface area contributed by atoms with Crippen molar-refractivity contribution < 1.29 is 22.8 Å². The minimum absolute atomic E-state index is 0.00106. The highest BCUT2D eigenvalue weighted by molar-refractivity contribution is 6.32. The lowest BCUT2D eigenvalue weighted by Gasteiger charge is -2.14. The Labute approximate surface area is 219 Å². The van der Waals surface area contributed by atoms with Gasteiger partial charge in [0.05, 0.1) is 38.7 Å². The van der Waals surface area contributed by atoms with Crippen molar-refractivity contribution >= 4 is 34.4 Å². The first kappa shape index (κ1) is 26.8. The number of fused-ring (bicyclic) bond motifs is 1. The van der Waals surface area contributed by atoms with Crippen LogP contribution in [0.3, 0.4) is 0 Å². The van der Waals surface area contributed by atoms with E-state index in [1.165, 1.54) is 30.3 Å². The first-order valence-corrected chi connectivity index (χ1v) is 11.8. The van der Waals surface area contributed by atoms with Crippen molar-refractivity contribution in [3.63, 3.8) is 0 Å². The maximum absolute atomic E-state index is 13.4. The molecule has 12 heteroatoms. The Kier molecular flexibility index (Phi) is 7.49. The van der Waals surface area contributed by atoms with Crippen molar-refractivity contribution in [2.75, 3.05) is 0 Å². The van der Waals surface area contributed by atoms with Crippen LogP contribution in [-0.4, -0.2) is 26.9 Å². The fraction of sp³-hybridized carbons (Fsp3) is 0.192. The Bertz CT molecular complexity index is 1620. The zero-order valence-corrected chi connectivity index (χ0v) is 20.8. The molecule has 0 fully saturated rings. The third-order valence-corrected chi connectivity index (χ3v) is 5.94. The van der Waals surface area contributed by atoms with Crippen molar-refractivity contribution in [1.82, 2.24) is 9.66 Å². The molecule has 38 heavy (non-hydrogen) atoms. The number of halogens is 4. The van der Waals surface area contributed by atoms with Crippen molar-refractivity contribution in [3.05, 3.63) is 97.3 Å². The molecule has 0 amide bonds. The topological polar surface area (TPSA) is 99.6 Å². The van der Waals surface area contributed by atoms with Gasteiger partial charge in [-0.25, -0.2) is 4.98 Å². The van der Waals surface area contributed by atoms with Gasteiger partial charge in [-0.2, -0.15) is 22.9 Å². The van der Waals surface area contributed by atoms with E-state index in [1.54, 1.807) is 25.1 Å². The van der Waals surface area contributed by atoms with E-state index in [-0.39, 0.29) is 44.7 Å². The number of rotatable bonds is 7.